The number of rotatable bonds is 1. The Hall–Kier alpha value is -2.87. The summed E-state index contributed by atoms with van der Waals surface area (Å²) < 4.78 is 8.84. The maximum absolute atomic E-state index is 6.60. The van der Waals surface area contributed by atoms with Gasteiger partial charge in [-0.25, -0.2) is 4.57 Å². The predicted molar refractivity (Wildman–Crippen MR) is 112 cm³/mol. The minimum Gasteiger partial charge on any atom is -0.455 e. The monoisotopic (exact) mass is 354 g/mol. The van der Waals surface area contributed by atoms with Gasteiger partial charge in [-0.15, -0.1) is 0 Å². The first-order valence-electron chi connectivity index (χ1n) is 9.63. The first-order chi connectivity index (χ1) is 13.0. The molecule has 1 aliphatic heterocycles. The van der Waals surface area contributed by atoms with Crippen LogP contribution in [0.2, 0.25) is 0 Å². The molecule has 27 heavy (non-hydrogen) atoms. The summed E-state index contributed by atoms with van der Waals surface area (Å²) in [6.45, 7) is 8.86. The zero-order chi connectivity index (χ0) is 18.9. The number of pyridine rings is 1. The third kappa shape index (κ3) is 2.16. The van der Waals surface area contributed by atoms with Crippen LogP contribution in [0.4, 0.5) is 0 Å². The van der Waals surface area contributed by atoms with Crippen molar-refractivity contribution in [2.45, 2.75) is 33.6 Å². The molecular formula is C25H24NO+. The number of aryl methyl sites for hydroxylation is 3. The van der Waals surface area contributed by atoms with Gasteiger partial charge in [0.05, 0.1) is 10.9 Å². The largest absolute Gasteiger partial charge is 0.455 e. The lowest BCUT2D eigenvalue weighted by Crippen LogP contribution is -2.32. The van der Waals surface area contributed by atoms with Crippen molar-refractivity contribution in [3.8, 4) is 22.8 Å². The number of hydrogen-bond acceptors (Lipinski definition) is 1. The normalized spacial score (nSPS) is 12.5. The second-order valence-corrected chi connectivity index (χ2v) is 8.01. The summed E-state index contributed by atoms with van der Waals surface area (Å²) in [7, 11) is 2.13. The highest BCUT2D eigenvalue weighted by molar-refractivity contribution is 6.06. The van der Waals surface area contributed by atoms with Gasteiger partial charge in [0.15, 0.2) is 6.20 Å². The number of fused-ring (bicyclic) bond motifs is 3. The zero-order valence-corrected chi connectivity index (χ0v) is 16.6. The second kappa shape index (κ2) is 5.56. The summed E-state index contributed by atoms with van der Waals surface area (Å²) in [5.41, 5.74) is 6.29. The van der Waals surface area contributed by atoms with Crippen LogP contribution >= 0.6 is 0 Å². The first kappa shape index (κ1) is 16.3. The topological polar surface area (TPSA) is 13.1 Å². The Kier molecular flexibility index (Phi) is 3.36. The number of nitrogens with zero attached hydrogens (tertiary/aromatic N) is 1. The van der Waals surface area contributed by atoms with E-state index in [0.717, 1.165) is 11.5 Å². The van der Waals surface area contributed by atoms with E-state index in [0.29, 0.717) is 5.92 Å². The third-order valence-corrected chi connectivity index (χ3v) is 6.02. The fourth-order valence-electron chi connectivity index (χ4n) is 4.48. The highest BCUT2D eigenvalue weighted by Crippen LogP contribution is 2.50. The van der Waals surface area contributed by atoms with Crippen LogP contribution < -0.4 is 9.30 Å². The average Bonchev–Trinajstić information content (AvgIpc) is 2.67. The summed E-state index contributed by atoms with van der Waals surface area (Å²) >= 11 is 0. The van der Waals surface area contributed by atoms with E-state index >= 15 is 0 Å². The summed E-state index contributed by atoms with van der Waals surface area (Å²) in [6, 6.07) is 15.4. The van der Waals surface area contributed by atoms with Gasteiger partial charge in [-0.2, -0.15) is 0 Å². The molecule has 0 N–H and O–H groups in total. The van der Waals surface area contributed by atoms with Crippen molar-refractivity contribution in [2.75, 3.05) is 0 Å². The molecule has 1 aliphatic rings. The fourth-order valence-corrected chi connectivity index (χ4v) is 4.48. The van der Waals surface area contributed by atoms with Crippen molar-refractivity contribution in [3.63, 3.8) is 0 Å². The standard InChI is InChI=1S/C25H24NO/c1-14(2)18-12-17-10-11-26(5)24-22-15(3)19-8-6-7-9-20(19)16(4)25(22)27-21(13-18)23(17)24/h6-14H,1-5H3/q+1. The van der Waals surface area contributed by atoms with Crippen molar-refractivity contribution in [1.82, 2.24) is 0 Å². The molecule has 3 aromatic carbocycles. The van der Waals surface area contributed by atoms with Crippen molar-refractivity contribution in [3.05, 3.63) is 65.4 Å². The molecule has 0 saturated carbocycles. The van der Waals surface area contributed by atoms with Crippen LogP contribution in [0, 0.1) is 13.8 Å². The van der Waals surface area contributed by atoms with Crippen molar-refractivity contribution >= 4 is 21.5 Å². The lowest BCUT2D eigenvalue weighted by Gasteiger charge is -2.25. The minimum atomic E-state index is 0.465. The summed E-state index contributed by atoms with van der Waals surface area (Å²) in [5, 5.41) is 5.04. The maximum Gasteiger partial charge on any atom is 0.228 e. The quantitative estimate of drug-likeness (QED) is 0.321. The molecule has 2 heteroatoms. The van der Waals surface area contributed by atoms with E-state index in [9.17, 15) is 0 Å². The van der Waals surface area contributed by atoms with Crippen LogP contribution in [-0.2, 0) is 7.05 Å². The van der Waals surface area contributed by atoms with Gasteiger partial charge in [-0.1, -0.05) is 44.2 Å². The molecule has 4 aromatic rings. The maximum atomic E-state index is 6.60. The summed E-state index contributed by atoms with van der Waals surface area (Å²) in [6.07, 6.45) is 2.17. The molecule has 0 bridgehead atoms. The number of benzene rings is 3. The van der Waals surface area contributed by atoms with Gasteiger partial charge in [0.1, 0.15) is 18.5 Å². The second-order valence-electron chi connectivity index (χ2n) is 8.01. The average molecular weight is 354 g/mol. The molecule has 5 rings (SSSR count). The highest BCUT2D eigenvalue weighted by atomic mass is 16.5. The highest BCUT2D eigenvalue weighted by Gasteiger charge is 2.32. The van der Waals surface area contributed by atoms with Crippen LogP contribution in [0.15, 0.2) is 48.7 Å². The molecule has 134 valence electrons. The van der Waals surface area contributed by atoms with E-state index < -0.39 is 0 Å². The van der Waals surface area contributed by atoms with E-state index in [-0.39, 0.29) is 0 Å². The van der Waals surface area contributed by atoms with Crippen molar-refractivity contribution in [1.29, 1.82) is 0 Å². The van der Waals surface area contributed by atoms with Crippen LogP contribution in [-0.4, -0.2) is 0 Å². The molecule has 2 nitrogen and oxygen atoms in total. The molecule has 0 amide bonds. The van der Waals surface area contributed by atoms with Crippen LogP contribution in [0.3, 0.4) is 0 Å². The van der Waals surface area contributed by atoms with Gasteiger partial charge in [-0.3, -0.25) is 0 Å². The van der Waals surface area contributed by atoms with Gasteiger partial charge in [0.2, 0.25) is 5.69 Å². The van der Waals surface area contributed by atoms with Crippen LogP contribution in [0.1, 0.15) is 36.5 Å². The molecule has 0 unspecified atom stereocenters. The van der Waals surface area contributed by atoms with E-state index in [4.69, 9.17) is 4.74 Å². The Morgan fingerprint density at radius 3 is 2.33 bits per heavy atom. The summed E-state index contributed by atoms with van der Waals surface area (Å²) in [4.78, 5) is 0. The molecule has 0 fully saturated rings. The lowest BCUT2D eigenvalue weighted by atomic mass is 9.88. The Morgan fingerprint density at radius 2 is 1.63 bits per heavy atom. The van der Waals surface area contributed by atoms with Crippen LogP contribution in [0.5, 0.6) is 11.5 Å². The third-order valence-electron chi connectivity index (χ3n) is 6.02. The smallest absolute Gasteiger partial charge is 0.228 e. The molecule has 0 spiro atoms. The Morgan fingerprint density at radius 1 is 0.926 bits per heavy atom. The van der Waals surface area contributed by atoms with Gasteiger partial charge in [0, 0.05) is 11.6 Å². The minimum absolute atomic E-state index is 0.465. The Balaban J connectivity index is 1.98. The number of hydrogen-bond donors (Lipinski definition) is 0. The van der Waals surface area contributed by atoms with Crippen LogP contribution in [0.25, 0.3) is 32.8 Å². The SMILES string of the molecule is Cc1c2c(c(C)c3ccccc13)-c1c3c(cc(C(C)C)cc3cc[n+]1C)O2. The van der Waals surface area contributed by atoms with E-state index in [1.807, 2.05) is 0 Å². The fraction of sp³-hybridized carbons (Fsp3) is 0.240. The molecule has 0 saturated heterocycles. The zero-order valence-electron chi connectivity index (χ0n) is 16.6. The summed E-state index contributed by atoms with van der Waals surface area (Å²) in [5.74, 6) is 2.45. The van der Waals surface area contributed by atoms with Crippen molar-refractivity contribution < 1.29 is 9.30 Å². The Labute approximate surface area is 160 Å². The first-order valence-corrected chi connectivity index (χ1v) is 9.63. The van der Waals surface area contributed by atoms with Gasteiger partial charge < -0.3 is 4.74 Å². The van der Waals surface area contributed by atoms with Gasteiger partial charge in [0.25, 0.3) is 0 Å². The predicted octanol–water partition coefficient (Wildman–Crippen LogP) is 6.33. The van der Waals surface area contributed by atoms with Gasteiger partial charge >= 0.3 is 0 Å². The van der Waals surface area contributed by atoms with E-state index in [1.165, 1.54) is 49.5 Å². The molecule has 0 aliphatic carbocycles. The lowest BCUT2D eigenvalue weighted by molar-refractivity contribution is -0.659. The van der Waals surface area contributed by atoms with Gasteiger partial charge in [-0.05, 0) is 53.1 Å². The molecule has 1 aromatic heterocycles. The van der Waals surface area contributed by atoms with E-state index in [1.54, 1.807) is 0 Å². The molecule has 0 radical (unpaired) electrons. The van der Waals surface area contributed by atoms with E-state index in [2.05, 4.69) is 88.0 Å². The number of ether oxygens (including phenoxy) is 1. The molecule has 2 heterocycles. The Bertz CT molecular complexity index is 1250. The van der Waals surface area contributed by atoms with Crippen molar-refractivity contribution in [2.24, 2.45) is 7.05 Å². The molecule has 0 atom stereocenters. The molecular weight excluding hydrogens is 330 g/mol. The number of aromatic nitrogens is 1.